The zero-order chi connectivity index (χ0) is 26.0. The number of hydrogen-bond donors (Lipinski definition) is 0. The van der Waals surface area contributed by atoms with Crippen molar-refractivity contribution in [1.82, 2.24) is 14.4 Å². The Morgan fingerprint density at radius 2 is 1.70 bits per heavy atom. The Bertz CT molecular complexity index is 1400. The Morgan fingerprint density at radius 1 is 1.00 bits per heavy atom. The molecular formula is C28H30FN3O4S. The van der Waals surface area contributed by atoms with Crippen LogP contribution in [0.15, 0.2) is 64.0 Å². The maximum atomic E-state index is 14.0. The second-order valence-electron chi connectivity index (χ2n) is 9.68. The van der Waals surface area contributed by atoms with Gasteiger partial charge in [0.05, 0.1) is 0 Å². The highest BCUT2D eigenvalue weighted by atomic mass is 32.2. The molecule has 5 rings (SSSR count). The van der Waals surface area contributed by atoms with Crippen LogP contribution in [-0.4, -0.2) is 54.9 Å². The Balaban J connectivity index is 1.24. The van der Waals surface area contributed by atoms with E-state index in [2.05, 4.69) is 17.3 Å². The zero-order valence-electron chi connectivity index (χ0n) is 20.7. The lowest BCUT2D eigenvalue weighted by atomic mass is 9.96. The average molecular weight is 524 g/mol. The van der Waals surface area contributed by atoms with E-state index in [1.165, 1.54) is 28.1 Å². The van der Waals surface area contributed by atoms with Crippen molar-refractivity contribution in [3.8, 4) is 0 Å². The van der Waals surface area contributed by atoms with Gasteiger partial charge in [-0.15, -0.1) is 0 Å². The minimum Gasteiger partial charge on any atom is -0.355 e. The monoisotopic (exact) mass is 523 g/mol. The molecule has 37 heavy (non-hydrogen) atoms. The van der Waals surface area contributed by atoms with Crippen molar-refractivity contribution in [2.24, 2.45) is 5.92 Å². The summed E-state index contributed by atoms with van der Waals surface area (Å²) in [6.07, 6.45) is 4.78. The predicted octanol–water partition coefficient (Wildman–Crippen LogP) is 4.71. The number of rotatable bonds is 6. The summed E-state index contributed by atoms with van der Waals surface area (Å²) >= 11 is 0. The number of amides is 1. The summed E-state index contributed by atoms with van der Waals surface area (Å²) in [4.78, 5) is 15.1. The summed E-state index contributed by atoms with van der Waals surface area (Å²) in [6.45, 7) is 3.50. The second-order valence-corrected chi connectivity index (χ2v) is 11.5. The molecule has 2 saturated heterocycles. The maximum absolute atomic E-state index is 14.0. The number of aryl methyl sites for hydroxylation is 1. The van der Waals surface area contributed by atoms with Crippen molar-refractivity contribution in [3.63, 3.8) is 0 Å². The molecule has 3 heterocycles. The fourth-order valence-corrected chi connectivity index (χ4v) is 6.98. The van der Waals surface area contributed by atoms with Gasteiger partial charge in [0.1, 0.15) is 11.5 Å². The highest BCUT2D eigenvalue weighted by molar-refractivity contribution is 7.89. The van der Waals surface area contributed by atoms with E-state index in [-0.39, 0.29) is 41.3 Å². The van der Waals surface area contributed by atoms with E-state index >= 15 is 0 Å². The van der Waals surface area contributed by atoms with Crippen LogP contribution >= 0.6 is 0 Å². The Labute approximate surface area is 216 Å². The topological polar surface area (TPSA) is 83.7 Å². The van der Waals surface area contributed by atoms with Crippen molar-refractivity contribution in [3.05, 3.63) is 83.0 Å². The number of nitrogens with zero attached hydrogens (tertiary/aromatic N) is 3. The molecule has 2 fully saturated rings. The predicted molar refractivity (Wildman–Crippen MR) is 138 cm³/mol. The maximum Gasteiger partial charge on any atom is 0.248 e. The minimum atomic E-state index is -3.90. The van der Waals surface area contributed by atoms with Gasteiger partial charge in [-0.25, -0.2) is 12.8 Å². The number of likely N-dealkylation sites (tertiary alicyclic amines) is 1. The summed E-state index contributed by atoms with van der Waals surface area (Å²) in [5.74, 6) is -0.0877. The molecule has 0 spiro atoms. The quantitative estimate of drug-likeness (QED) is 0.467. The van der Waals surface area contributed by atoms with Gasteiger partial charge >= 0.3 is 0 Å². The molecule has 0 unspecified atom stereocenters. The first-order valence-electron chi connectivity index (χ1n) is 12.6. The number of carbonyl (C=O) groups is 1. The van der Waals surface area contributed by atoms with E-state index in [4.69, 9.17) is 4.52 Å². The molecule has 0 bridgehead atoms. The number of halogens is 1. The summed E-state index contributed by atoms with van der Waals surface area (Å²) < 4.78 is 47.7. The van der Waals surface area contributed by atoms with E-state index in [0.717, 1.165) is 13.0 Å². The molecule has 194 valence electrons. The number of piperidine rings is 1. The highest BCUT2D eigenvalue weighted by Crippen LogP contribution is 2.32. The molecule has 3 aromatic rings. The van der Waals surface area contributed by atoms with Gasteiger partial charge in [-0.3, -0.25) is 4.79 Å². The van der Waals surface area contributed by atoms with Crippen LogP contribution in [0.4, 0.5) is 4.39 Å². The van der Waals surface area contributed by atoms with Crippen molar-refractivity contribution in [1.29, 1.82) is 0 Å². The van der Waals surface area contributed by atoms with Crippen molar-refractivity contribution >= 4 is 28.1 Å². The first kappa shape index (κ1) is 25.4. The van der Waals surface area contributed by atoms with E-state index < -0.39 is 15.8 Å². The molecule has 0 N–H and O–H groups in total. The van der Waals surface area contributed by atoms with Crippen molar-refractivity contribution < 1.29 is 22.1 Å². The SMILES string of the molecule is Cc1noc(/C=C/c2ccccc2F)c1S(=O)(=O)N1CCC(C(=O)N2CC[C@@H](c3ccccc3)C2)CC1. The molecule has 1 atom stereocenters. The third-order valence-corrected chi connectivity index (χ3v) is 9.38. The number of benzene rings is 2. The van der Waals surface area contributed by atoms with Crippen LogP contribution in [0.1, 0.15) is 47.8 Å². The molecule has 2 aliphatic heterocycles. The van der Waals surface area contributed by atoms with Crippen LogP contribution in [0.2, 0.25) is 0 Å². The fraction of sp³-hybridized carbons (Fsp3) is 0.357. The van der Waals surface area contributed by atoms with Gasteiger partial charge in [-0.1, -0.05) is 53.7 Å². The third-order valence-electron chi connectivity index (χ3n) is 7.32. The van der Waals surface area contributed by atoms with Crippen LogP contribution in [0, 0.1) is 18.7 Å². The number of carbonyl (C=O) groups excluding carboxylic acids is 1. The van der Waals surface area contributed by atoms with Gasteiger partial charge in [0.25, 0.3) is 0 Å². The van der Waals surface area contributed by atoms with Crippen LogP contribution in [0.3, 0.4) is 0 Å². The number of sulfonamides is 1. The van der Waals surface area contributed by atoms with Crippen molar-refractivity contribution in [2.75, 3.05) is 26.2 Å². The van der Waals surface area contributed by atoms with E-state index in [1.54, 1.807) is 25.1 Å². The van der Waals surface area contributed by atoms with Crippen molar-refractivity contribution in [2.45, 2.75) is 37.0 Å². The lowest BCUT2D eigenvalue weighted by Gasteiger charge is -2.32. The third kappa shape index (κ3) is 5.24. The first-order valence-corrected chi connectivity index (χ1v) is 14.0. The van der Waals surface area contributed by atoms with Gasteiger partial charge in [0.2, 0.25) is 15.9 Å². The van der Waals surface area contributed by atoms with E-state index in [0.29, 0.717) is 30.9 Å². The standard InChI is InChI=1S/C28H30FN3O4S/c1-20-27(26(36-30-20)12-11-22-9-5-6-10-25(22)29)37(34,35)32-17-14-23(15-18-32)28(33)31-16-13-24(19-31)21-7-3-2-4-8-21/h2-12,23-24H,13-19H2,1H3/b12-11+/t24-/m1/s1. The molecule has 2 aliphatic rings. The smallest absolute Gasteiger partial charge is 0.248 e. The fourth-order valence-electron chi connectivity index (χ4n) is 5.26. The zero-order valence-corrected chi connectivity index (χ0v) is 21.5. The molecule has 0 saturated carbocycles. The van der Waals surface area contributed by atoms with Gasteiger partial charge in [0.15, 0.2) is 10.7 Å². The van der Waals surface area contributed by atoms with Gasteiger partial charge < -0.3 is 9.42 Å². The molecule has 0 radical (unpaired) electrons. The first-order chi connectivity index (χ1) is 17.8. The molecule has 2 aromatic carbocycles. The van der Waals surface area contributed by atoms with Crippen LogP contribution in [0.25, 0.3) is 12.2 Å². The Hall–Kier alpha value is -3.30. The molecular weight excluding hydrogens is 493 g/mol. The van der Waals surface area contributed by atoms with E-state index in [1.807, 2.05) is 23.1 Å². The Kier molecular flexibility index (Phi) is 7.26. The van der Waals surface area contributed by atoms with Crippen LogP contribution < -0.4 is 0 Å². The molecule has 0 aliphatic carbocycles. The van der Waals surface area contributed by atoms with Gasteiger partial charge in [-0.05, 0) is 50.0 Å². The van der Waals surface area contributed by atoms with E-state index in [9.17, 15) is 17.6 Å². The summed E-state index contributed by atoms with van der Waals surface area (Å²) in [6, 6.07) is 16.5. The summed E-state index contributed by atoms with van der Waals surface area (Å²) in [7, 11) is -3.90. The van der Waals surface area contributed by atoms with Gasteiger partial charge in [0, 0.05) is 43.6 Å². The normalized spacial score (nSPS) is 19.6. The largest absolute Gasteiger partial charge is 0.355 e. The molecule has 7 nitrogen and oxygen atoms in total. The van der Waals surface area contributed by atoms with Gasteiger partial charge in [-0.2, -0.15) is 4.31 Å². The highest BCUT2D eigenvalue weighted by Gasteiger charge is 2.38. The lowest BCUT2D eigenvalue weighted by molar-refractivity contribution is -0.135. The molecule has 9 heteroatoms. The second kappa shape index (κ2) is 10.6. The number of aromatic nitrogens is 1. The summed E-state index contributed by atoms with van der Waals surface area (Å²) in [5.41, 5.74) is 1.81. The Morgan fingerprint density at radius 3 is 2.43 bits per heavy atom. The minimum absolute atomic E-state index is 0.0184. The molecule has 1 amide bonds. The summed E-state index contributed by atoms with van der Waals surface area (Å²) in [5, 5.41) is 3.85. The van der Waals surface area contributed by atoms with Crippen LogP contribution in [0.5, 0.6) is 0 Å². The number of hydrogen-bond acceptors (Lipinski definition) is 5. The average Bonchev–Trinajstić information content (AvgIpc) is 3.56. The van der Waals surface area contributed by atoms with Crippen LogP contribution in [-0.2, 0) is 14.8 Å². The lowest BCUT2D eigenvalue weighted by Crippen LogP contribution is -2.44. The molecule has 1 aromatic heterocycles.